The molecule has 24 heteroatoms. The lowest BCUT2D eigenvalue weighted by molar-refractivity contribution is -0.218. The van der Waals surface area contributed by atoms with Gasteiger partial charge in [-0.2, -0.15) is 18.1 Å². The van der Waals surface area contributed by atoms with Crippen LogP contribution in [-0.2, 0) is 44.8 Å². The molecule has 10 atom stereocenters. The van der Waals surface area contributed by atoms with Gasteiger partial charge in [0.15, 0.2) is 41.3 Å². The lowest BCUT2D eigenvalue weighted by atomic mass is 10.1. The molecule has 4 unspecified atom stereocenters. The molecular weight excluding hydrogens is 652 g/mol. The van der Waals surface area contributed by atoms with Gasteiger partial charge in [0.2, 0.25) is 5.95 Å². The minimum Gasteiger partial charge on any atom is -0.780 e. The van der Waals surface area contributed by atoms with Crippen LogP contribution in [0.4, 0.5) is 16.2 Å². The summed E-state index contributed by atoms with van der Waals surface area (Å²) < 4.78 is 75.3. The number of hydrogen-bond acceptors (Lipinski definition) is 17. The highest BCUT2D eigenvalue weighted by atomic mass is 32.5. The van der Waals surface area contributed by atoms with Crippen LogP contribution >= 0.6 is 6.72 Å². The number of nitrogens with zero attached hydrogens (tertiary/aromatic N) is 7. The Balaban J connectivity index is 1.11. The largest absolute Gasteiger partial charge is 0.780 e. The van der Waals surface area contributed by atoms with E-state index in [1.165, 1.54) is 21.8 Å². The number of aromatic amines is 1. The number of hydrogen-bond donors (Lipinski definition) is 4. The number of nitrogens with one attached hydrogen (secondary N) is 2. The number of nitrogen functional groups attached to an aromatic ring is 2. The van der Waals surface area contributed by atoms with E-state index in [1.54, 1.807) is 0 Å². The van der Waals surface area contributed by atoms with Crippen LogP contribution in [-0.4, -0.2) is 90.7 Å². The Bertz CT molecular complexity index is 2040. The highest BCUT2D eigenvalue weighted by Gasteiger charge is 2.68. The number of aromatic nitrogens is 8. The van der Waals surface area contributed by atoms with Gasteiger partial charge < -0.3 is 34.9 Å². The Morgan fingerprint density at radius 3 is 2.59 bits per heavy atom. The number of H-pyrrole nitrogens is 1. The van der Waals surface area contributed by atoms with Crippen LogP contribution in [0.3, 0.4) is 0 Å². The van der Waals surface area contributed by atoms with Crippen molar-refractivity contribution in [3.8, 4) is 0 Å². The van der Waals surface area contributed by atoms with Gasteiger partial charge in [-0.3, -0.25) is 23.1 Å². The minimum absolute atomic E-state index is 0.0282. The zero-order valence-electron chi connectivity index (χ0n) is 21.7. The summed E-state index contributed by atoms with van der Waals surface area (Å²) in [5.74, 6) is -0.961. The van der Waals surface area contributed by atoms with Crippen LogP contribution in [0.2, 0.25) is 0 Å². The smallest absolute Gasteiger partial charge is 0.336 e. The van der Waals surface area contributed by atoms with Crippen molar-refractivity contribution in [2.45, 2.75) is 49.1 Å². The number of rotatable bonds is 2. The van der Waals surface area contributed by atoms with Crippen molar-refractivity contribution in [2.75, 3.05) is 18.1 Å². The topological polar surface area (TPSA) is 275 Å². The third kappa shape index (κ3) is 4.42. The van der Waals surface area contributed by atoms with E-state index in [4.69, 9.17) is 46.0 Å². The second kappa shape index (κ2) is 9.62. The van der Waals surface area contributed by atoms with Crippen molar-refractivity contribution in [3.05, 3.63) is 29.3 Å². The summed E-state index contributed by atoms with van der Waals surface area (Å²) in [5, 5.41) is 0. The van der Waals surface area contributed by atoms with E-state index < -0.39 is 84.2 Å². The Labute approximate surface area is 249 Å². The number of fused-ring (bicyclic) bond motifs is 4. The first-order valence-corrected chi connectivity index (χ1v) is 16.8. The first kappa shape index (κ1) is 28.2. The number of imidazole rings is 2. The summed E-state index contributed by atoms with van der Waals surface area (Å²) in [5.41, 5.74) is 11.2. The van der Waals surface area contributed by atoms with Crippen LogP contribution in [0.15, 0.2) is 23.8 Å². The van der Waals surface area contributed by atoms with E-state index in [0.29, 0.717) is 0 Å². The van der Waals surface area contributed by atoms with E-state index in [0.717, 1.165) is 6.33 Å². The Hall–Kier alpha value is -3.25. The van der Waals surface area contributed by atoms with Gasteiger partial charge in [0.1, 0.15) is 36.9 Å². The molecule has 20 nitrogen and oxygen atoms in total. The van der Waals surface area contributed by atoms with Crippen molar-refractivity contribution < 1.29 is 40.4 Å². The predicted octanol–water partition coefficient (Wildman–Crippen LogP) is -2.52. The molecule has 0 bridgehead atoms. The molecule has 6 N–H and O–H groups in total. The zero-order valence-corrected chi connectivity index (χ0v) is 24.3. The number of halogens is 1. The van der Waals surface area contributed by atoms with Crippen LogP contribution in [0.5, 0.6) is 0 Å². The molecule has 0 radical (unpaired) electrons. The lowest BCUT2D eigenvalue weighted by Gasteiger charge is -2.35. The summed E-state index contributed by atoms with van der Waals surface area (Å²) in [7, 11) is -4.63. The molecule has 44 heavy (non-hydrogen) atoms. The highest BCUT2D eigenvalue weighted by molar-refractivity contribution is 8.06. The fourth-order valence-corrected chi connectivity index (χ4v) is 8.42. The molecule has 4 aromatic heterocycles. The number of anilines is 2. The van der Waals surface area contributed by atoms with Crippen molar-refractivity contribution in [1.29, 1.82) is 0 Å². The first-order valence-electron chi connectivity index (χ1n) is 12.9. The second-order valence-electron chi connectivity index (χ2n) is 10.4. The molecule has 234 valence electrons. The van der Waals surface area contributed by atoms with Crippen molar-refractivity contribution >= 4 is 62.9 Å². The summed E-state index contributed by atoms with van der Waals surface area (Å²) in [6.07, 6.45) is -5.58. The van der Waals surface area contributed by atoms with Crippen LogP contribution in [0, 0.1) is 5.92 Å². The Kier molecular flexibility index (Phi) is 6.18. The molecule has 1 saturated carbocycles. The van der Waals surface area contributed by atoms with E-state index in [9.17, 15) is 18.1 Å². The van der Waals surface area contributed by atoms with Crippen molar-refractivity contribution in [1.82, 2.24) is 43.8 Å². The summed E-state index contributed by atoms with van der Waals surface area (Å²) >= 11 is 5.16. The van der Waals surface area contributed by atoms with Gasteiger partial charge in [0, 0.05) is 5.92 Å². The van der Waals surface area contributed by atoms with Gasteiger partial charge in [-0.25, -0.2) is 24.3 Å². The maximum Gasteiger partial charge on any atom is 0.336 e. The predicted molar refractivity (Wildman–Crippen MR) is 144 cm³/mol. The van der Waals surface area contributed by atoms with Gasteiger partial charge >= 0.3 is 10.3 Å². The summed E-state index contributed by atoms with van der Waals surface area (Å²) in [6.45, 7) is -5.02. The fraction of sp³-hybridized carbons (Fsp3) is 0.500. The van der Waals surface area contributed by atoms with E-state index >= 15 is 4.39 Å². The van der Waals surface area contributed by atoms with Crippen molar-refractivity contribution in [3.63, 3.8) is 0 Å². The molecule has 4 fully saturated rings. The van der Waals surface area contributed by atoms with Crippen LogP contribution in [0.25, 0.3) is 22.3 Å². The van der Waals surface area contributed by atoms with Gasteiger partial charge in [-0.05, 0) is 0 Å². The highest BCUT2D eigenvalue weighted by Crippen LogP contribution is 2.58. The fourth-order valence-electron chi connectivity index (χ4n) is 5.81. The second-order valence-corrected chi connectivity index (χ2v) is 14.4. The SMILES string of the molecule is Nc1nc2c(ncn2[C@@H]2O[C@@H]3C4OS(=O)(=O)N[C@@H]5C(COP([O-])(=S)O[C@@H]2C43)O[C@@H](n2cnc3c(N)ncnc32)[C@@H]5F)c(=O)[nH]1. The lowest BCUT2D eigenvalue weighted by Crippen LogP contribution is -2.48. The van der Waals surface area contributed by atoms with Gasteiger partial charge in [0.05, 0.1) is 31.4 Å². The third-order valence-electron chi connectivity index (χ3n) is 7.78. The van der Waals surface area contributed by atoms with Gasteiger partial charge in [-0.15, -0.1) is 0 Å². The normalized spacial score (nSPS) is 38.2. The number of alkyl halides is 1. The summed E-state index contributed by atoms with van der Waals surface area (Å²) in [6, 6.07) is -1.58. The van der Waals surface area contributed by atoms with E-state index in [1.807, 2.05) is 0 Å². The molecule has 7 heterocycles. The van der Waals surface area contributed by atoms with E-state index in [2.05, 4.69) is 34.6 Å². The third-order valence-corrected chi connectivity index (χ3v) is 10.4. The molecule has 0 spiro atoms. The average Bonchev–Trinajstić information content (AvgIpc) is 3.40. The standard InChI is InChI=1S/C20H21FN11O9PS2/c21-7-8-5(38-18(7)31-3-26-9-14(22)24-2-25-15(9)31)1-37-42(34,43)40-13-6-11(12(6)41-44(35,36)30-8)39-19(13)32-4-27-10-16(32)28-20(23)29-17(10)33/h2-8,11-13,18-19,30H,1H2,(H,34,43)(H2,22,24,25)(H3,23,28,29,33)/p-1/t5?,6?,7-,8-,11+,12?,13-,18-,19-,42?/m1/s1. The number of nitrogens with two attached hydrogens (primary N) is 2. The van der Waals surface area contributed by atoms with Crippen LogP contribution in [0.1, 0.15) is 12.5 Å². The molecule has 3 saturated heterocycles. The molecule has 4 aromatic rings. The first-order chi connectivity index (χ1) is 20.9. The maximum atomic E-state index is 15.9. The maximum absolute atomic E-state index is 15.9. The number of ether oxygens (including phenoxy) is 2. The minimum atomic E-state index is -4.63. The molecule has 3 aliphatic heterocycles. The molecule has 8 rings (SSSR count). The molecular formula is C20H20FN11O9PS2-. The van der Waals surface area contributed by atoms with E-state index in [-0.39, 0.29) is 34.1 Å². The molecule has 0 aromatic carbocycles. The Morgan fingerprint density at radius 1 is 1.05 bits per heavy atom. The monoisotopic (exact) mass is 672 g/mol. The zero-order chi connectivity index (χ0) is 30.7. The summed E-state index contributed by atoms with van der Waals surface area (Å²) in [4.78, 5) is 48.2. The van der Waals surface area contributed by atoms with Gasteiger partial charge in [0.25, 0.3) is 5.56 Å². The molecule has 0 amide bonds. The van der Waals surface area contributed by atoms with Crippen molar-refractivity contribution in [2.24, 2.45) is 5.92 Å². The average molecular weight is 673 g/mol. The quantitative estimate of drug-likeness (QED) is 0.160. The van der Waals surface area contributed by atoms with Gasteiger partial charge in [-0.1, -0.05) is 11.8 Å². The Morgan fingerprint density at radius 2 is 1.80 bits per heavy atom. The molecule has 4 aliphatic rings. The molecule has 1 aliphatic carbocycles. The van der Waals surface area contributed by atoms with Crippen LogP contribution < -0.4 is 26.6 Å².